The Balaban J connectivity index is 1.91. The summed E-state index contributed by atoms with van der Waals surface area (Å²) in [5.74, 6) is -0.223. The maximum atomic E-state index is 12.3. The molecule has 1 amide bonds. The third-order valence-electron chi connectivity index (χ3n) is 4.00. The van der Waals surface area contributed by atoms with Gasteiger partial charge in [-0.05, 0) is 52.5 Å². The molecule has 2 atom stereocenters. The third kappa shape index (κ3) is 5.33. The first-order chi connectivity index (χ1) is 12.4. The normalized spacial score (nSPS) is 12.8. The van der Waals surface area contributed by atoms with Gasteiger partial charge < -0.3 is 14.8 Å². The Morgan fingerprint density at radius 3 is 2.46 bits per heavy atom. The molecule has 0 aromatic heterocycles. The van der Waals surface area contributed by atoms with E-state index in [9.17, 15) is 9.59 Å². The second-order valence-electron chi connectivity index (χ2n) is 5.95. The fourth-order valence-electron chi connectivity index (χ4n) is 2.36. The van der Waals surface area contributed by atoms with Crippen LogP contribution >= 0.6 is 15.9 Å². The van der Waals surface area contributed by atoms with Crippen LogP contribution in [0.4, 0.5) is 0 Å². The zero-order valence-electron chi connectivity index (χ0n) is 15.0. The zero-order valence-corrected chi connectivity index (χ0v) is 16.6. The van der Waals surface area contributed by atoms with Crippen molar-refractivity contribution in [3.63, 3.8) is 0 Å². The van der Waals surface area contributed by atoms with Gasteiger partial charge in [0.05, 0.1) is 12.7 Å². The Hall–Kier alpha value is -2.34. The molecule has 0 saturated carbocycles. The summed E-state index contributed by atoms with van der Waals surface area (Å²) in [5.41, 5.74) is 1.44. The van der Waals surface area contributed by atoms with E-state index < -0.39 is 12.1 Å². The number of carbonyl (C=O) groups is 2. The number of benzene rings is 2. The first-order valence-electron chi connectivity index (χ1n) is 8.29. The highest BCUT2D eigenvalue weighted by molar-refractivity contribution is 9.10. The first kappa shape index (κ1) is 20.0. The van der Waals surface area contributed by atoms with Crippen LogP contribution in [0, 0.1) is 0 Å². The summed E-state index contributed by atoms with van der Waals surface area (Å²) >= 11 is 3.31. The molecule has 0 radical (unpaired) electrons. The number of rotatable bonds is 7. The molecule has 0 fully saturated rings. The largest absolute Gasteiger partial charge is 0.497 e. The van der Waals surface area contributed by atoms with Gasteiger partial charge in [0.15, 0.2) is 6.10 Å². The van der Waals surface area contributed by atoms with Crippen LogP contribution in [-0.2, 0) is 9.53 Å². The summed E-state index contributed by atoms with van der Waals surface area (Å²) < 4.78 is 11.0. The Labute approximate surface area is 161 Å². The zero-order chi connectivity index (χ0) is 19.1. The molecule has 0 bridgehead atoms. The van der Waals surface area contributed by atoms with E-state index >= 15 is 0 Å². The van der Waals surface area contributed by atoms with Gasteiger partial charge in [-0.2, -0.15) is 0 Å². The first-order valence-corrected chi connectivity index (χ1v) is 9.08. The van der Waals surface area contributed by atoms with Crippen LogP contribution in [0.25, 0.3) is 0 Å². The lowest BCUT2D eigenvalue weighted by Crippen LogP contribution is -2.37. The number of methoxy groups -OCH3 is 1. The number of hydrogen-bond acceptors (Lipinski definition) is 4. The average Bonchev–Trinajstić information content (AvgIpc) is 2.66. The van der Waals surface area contributed by atoms with Crippen LogP contribution in [0.2, 0.25) is 0 Å². The molecular formula is C20H22BrNO4. The number of nitrogens with one attached hydrogen (secondary N) is 1. The van der Waals surface area contributed by atoms with Gasteiger partial charge in [0.1, 0.15) is 5.75 Å². The van der Waals surface area contributed by atoms with Crippen LogP contribution in [0.15, 0.2) is 53.0 Å². The molecular weight excluding hydrogens is 398 g/mol. The highest BCUT2D eigenvalue weighted by atomic mass is 79.9. The standard InChI is InChI=1S/C20H22BrNO4/c1-13(15-7-5-4-6-8-15)12-22-19(23)14(2)26-20(24)17-11-16(25-3)9-10-18(17)21/h4-11,13-14H,12H2,1-3H3,(H,22,23). The van der Waals surface area contributed by atoms with Crippen molar-refractivity contribution in [3.8, 4) is 5.75 Å². The maximum Gasteiger partial charge on any atom is 0.340 e. The van der Waals surface area contributed by atoms with Crippen molar-refractivity contribution in [2.45, 2.75) is 25.9 Å². The monoisotopic (exact) mass is 419 g/mol. The van der Waals surface area contributed by atoms with Crippen molar-refractivity contribution in [2.75, 3.05) is 13.7 Å². The molecule has 0 aliphatic rings. The number of carbonyl (C=O) groups excluding carboxylic acids is 2. The Morgan fingerprint density at radius 1 is 1.12 bits per heavy atom. The van der Waals surface area contributed by atoms with Gasteiger partial charge in [-0.25, -0.2) is 4.79 Å². The van der Waals surface area contributed by atoms with Gasteiger partial charge in [0.25, 0.3) is 5.91 Å². The summed E-state index contributed by atoms with van der Waals surface area (Å²) in [5, 5.41) is 2.82. The summed E-state index contributed by atoms with van der Waals surface area (Å²) in [4.78, 5) is 24.5. The van der Waals surface area contributed by atoms with E-state index in [2.05, 4.69) is 21.2 Å². The van der Waals surface area contributed by atoms with E-state index in [-0.39, 0.29) is 11.8 Å². The molecule has 26 heavy (non-hydrogen) atoms. The number of halogens is 1. The SMILES string of the molecule is COc1ccc(Br)c(C(=O)OC(C)C(=O)NCC(C)c2ccccc2)c1. The van der Waals surface area contributed by atoms with Gasteiger partial charge in [0.2, 0.25) is 0 Å². The summed E-state index contributed by atoms with van der Waals surface area (Å²) in [6.07, 6.45) is -0.899. The summed E-state index contributed by atoms with van der Waals surface area (Å²) in [7, 11) is 1.52. The quantitative estimate of drug-likeness (QED) is 0.690. The topological polar surface area (TPSA) is 64.6 Å². The van der Waals surface area contributed by atoms with Crippen LogP contribution in [0.3, 0.4) is 0 Å². The lowest BCUT2D eigenvalue weighted by atomic mass is 10.0. The molecule has 2 aromatic rings. The minimum absolute atomic E-state index is 0.163. The predicted molar refractivity (Wildman–Crippen MR) is 103 cm³/mol. The molecule has 0 saturated heterocycles. The van der Waals surface area contributed by atoms with Crippen molar-refractivity contribution in [1.82, 2.24) is 5.32 Å². The number of hydrogen-bond donors (Lipinski definition) is 1. The Morgan fingerprint density at radius 2 is 1.81 bits per heavy atom. The number of esters is 1. The van der Waals surface area contributed by atoms with Crippen molar-refractivity contribution < 1.29 is 19.1 Å². The smallest absolute Gasteiger partial charge is 0.340 e. The molecule has 0 aliphatic carbocycles. The van der Waals surface area contributed by atoms with Crippen molar-refractivity contribution in [1.29, 1.82) is 0 Å². The summed E-state index contributed by atoms with van der Waals surface area (Å²) in [6, 6.07) is 14.9. The third-order valence-corrected chi connectivity index (χ3v) is 4.69. The molecule has 2 rings (SSSR count). The minimum atomic E-state index is -0.899. The minimum Gasteiger partial charge on any atom is -0.497 e. The van der Waals surface area contributed by atoms with Crippen molar-refractivity contribution in [3.05, 3.63) is 64.1 Å². The van der Waals surface area contributed by atoms with Gasteiger partial charge in [-0.1, -0.05) is 37.3 Å². The van der Waals surface area contributed by atoms with E-state index in [1.807, 2.05) is 37.3 Å². The lowest BCUT2D eigenvalue weighted by molar-refractivity contribution is -0.129. The molecule has 1 N–H and O–H groups in total. The van der Waals surface area contributed by atoms with Crippen LogP contribution in [0.5, 0.6) is 5.75 Å². The Kier molecular flexibility index (Phi) is 7.21. The van der Waals surface area contributed by atoms with Gasteiger partial charge in [0, 0.05) is 11.0 Å². The van der Waals surface area contributed by atoms with Crippen molar-refractivity contribution >= 4 is 27.8 Å². The molecule has 0 aliphatic heterocycles. The molecule has 6 heteroatoms. The van der Waals surface area contributed by atoms with Crippen LogP contribution < -0.4 is 10.1 Å². The predicted octanol–water partition coefficient (Wildman–Crippen LogP) is 3.92. The maximum absolute atomic E-state index is 12.3. The van der Waals surface area contributed by atoms with Gasteiger partial charge in [-0.15, -0.1) is 0 Å². The fraction of sp³-hybridized carbons (Fsp3) is 0.300. The van der Waals surface area contributed by atoms with Crippen LogP contribution in [-0.4, -0.2) is 31.6 Å². The fourth-order valence-corrected chi connectivity index (χ4v) is 2.77. The molecule has 138 valence electrons. The number of ether oxygens (including phenoxy) is 2. The second kappa shape index (κ2) is 9.38. The van der Waals surface area contributed by atoms with E-state index in [1.54, 1.807) is 25.1 Å². The Bertz CT molecular complexity index is 764. The van der Waals surface area contributed by atoms with Crippen molar-refractivity contribution in [2.24, 2.45) is 0 Å². The second-order valence-corrected chi connectivity index (χ2v) is 6.80. The molecule has 0 heterocycles. The molecule has 2 unspecified atom stereocenters. The van der Waals surface area contributed by atoms with E-state index in [0.29, 0.717) is 22.3 Å². The molecule has 2 aromatic carbocycles. The summed E-state index contributed by atoms with van der Waals surface area (Å²) in [6.45, 7) is 4.04. The highest BCUT2D eigenvalue weighted by Crippen LogP contribution is 2.23. The van der Waals surface area contributed by atoms with Crippen LogP contribution in [0.1, 0.15) is 35.7 Å². The van der Waals surface area contributed by atoms with E-state index in [4.69, 9.17) is 9.47 Å². The molecule has 0 spiro atoms. The van der Waals surface area contributed by atoms with E-state index in [1.165, 1.54) is 7.11 Å². The van der Waals surface area contributed by atoms with Gasteiger partial charge in [-0.3, -0.25) is 4.79 Å². The highest BCUT2D eigenvalue weighted by Gasteiger charge is 2.21. The lowest BCUT2D eigenvalue weighted by Gasteiger charge is -2.17. The average molecular weight is 420 g/mol. The van der Waals surface area contributed by atoms with Gasteiger partial charge >= 0.3 is 5.97 Å². The molecule has 5 nitrogen and oxygen atoms in total. The number of amides is 1. The van der Waals surface area contributed by atoms with E-state index in [0.717, 1.165) is 5.56 Å².